The van der Waals surface area contributed by atoms with Crippen LogP contribution in [0.25, 0.3) is 0 Å². The van der Waals surface area contributed by atoms with Crippen molar-refractivity contribution in [2.45, 2.75) is 45.4 Å². The van der Waals surface area contributed by atoms with Gasteiger partial charge in [0.05, 0.1) is 5.76 Å². The Bertz CT molecular complexity index is 206. The van der Waals surface area contributed by atoms with Gasteiger partial charge in [0.25, 0.3) is 0 Å². The zero-order valence-corrected chi connectivity index (χ0v) is 8.25. The van der Waals surface area contributed by atoms with Crippen LogP contribution in [-0.2, 0) is 4.79 Å². The Morgan fingerprint density at radius 1 is 1.46 bits per heavy atom. The Hall–Kier alpha value is -0.790. The molecule has 1 rings (SSSR count). The zero-order chi connectivity index (χ0) is 9.68. The number of carbonyl (C=O) groups is 1. The van der Waals surface area contributed by atoms with E-state index in [1.54, 1.807) is 0 Å². The van der Waals surface area contributed by atoms with Crippen molar-refractivity contribution in [2.75, 3.05) is 0 Å². The third kappa shape index (κ3) is 3.62. The van der Waals surface area contributed by atoms with E-state index in [0.29, 0.717) is 18.8 Å². The van der Waals surface area contributed by atoms with Crippen LogP contribution in [0, 0.1) is 5.92 Å². The Labute approximate surface area is 79.6 Å². The minimum absolute atomic E-state index is 0.0882. The summed E-state index contributed by atoms with van der Waals surface area (Å²) in [5.74, 6) is 0.757. The van der Waals surface area contributed by atoms with E-state index in [4.69, 9.17) is 0 Å². The zero-order valence-electron chi connectivity index (χ0n) is 8.25. The summed E-state index contributed by atoms with van der Waals surface area (Å²) in [6.07, 6.45) is 7.41. The smallest absolute Gasteiger partial charge is 0.159 e. The lowest BCUT2D eigenvalue weighted by Crippen LogP contribution is -2.13. The molecule has 0 fully saturated rings. The molecule has 1 N–H and O–H groups in total. The molecule has 1 aliphatic carbocycles. The summed E-state index contributed by atoms with van der Waals surface area (Å²) >= 11 is 0. The highest BCUT2D eigenvalue weighted by Gasteiger charge is 2.19. The maximum absolute atomic E-state index is 11.1. The van der Waals surface area contributed by atoms with Crippen molar-refractivity contribution in [1.29, 1.82) is 0 Å². The molecule has 0 aromatic carbocycles. The van der Waals surface area contributed by atoms with E-state index in [9.17, 15) is 9.90 Å². The van der Waals surface area contributed by atoms with Gasteiger partial charge < -0.3 is 5.11 Å². The number of aliphatic hydroxyl groups excluding tert-OH is 1. The topological polar surface area (TPSA) is 37.3 Å². The Balaban J connectivity index is 2.29. The molecule has 2 nitrogen and oxygen atoms in total. The van der Waals surface area contributed by atoms with E-state index in [2.05, 4.69) is 6.92 Å². The molecule has 0 amide bonds. The van der Waals surface area contributed by atoms with Crippen molar-refractivity contribution in [3.63, 3.8) is 0 Å². The molecule has 0 saturated heterocycles. The molecule has 2 heteroatoms. The largest absolute Gasteiger partial charge is 0.512 e. The number of aliphatic hydroxyl groups is 1. The number of ketones is 1. The first-order chi connectivity index (χ1) is 6.22. The van der Waals surface area contributed by atoms with Gasteiger partial charge in [-0.15, -0.1) is 0 Å². The van der Waals surface area contributed by atoms with Crippen LogP contribution in [0.2, 0.25) is 0 Å². The third-order valence-electron chi connectivity index (χ3n) is 2.53. The monoisotopic (exact) mass is 182 g/mol. The van der Waals surface area contributed by atoms with E-state index >= 15 is 0 Å². The van der Waals surface area contributed by atoms with Crippen LogP contribution in [0.1, 0.15) is 45.4 Å². The minimum Gasteiger partial charge on any atom is -0.512 e. The highest BCUT2D eigenvalue weighted by molar-refractivity contribution is 5.91. The SMILES string of the molecule is CCCCC[C@H]1CC(=O)C=C(O)C1. The van der Waals surface area contributed by atoms with Crippen LogP contribution in [-0.4, -0.2) is 10.9 Å². The number of carbonyl (C=O) groups excluding carboxylic acids is 1. The molecule has 0 bridgehead atoms. The highest BCUT2D eigenvalue weighted by Crippen LogP contribution is 2.25. The molecule has 0 unspecified atom stereocenters. The summed E-state index contributed by atoms with van der Waals surface area (Å²) in [7, 11) is 0. The van der Waals surface area contributed by atoms with Gasteiger partial charge in [0, 0.05) is 18.9 Å². The van der Waals surface area contributed by atoms with E-state index in [0.717, 1.165) is 6.42 Å². The maximum Gasteiger partial charge on any atom is 0.159 e. The first kappa shape index (κ1) is 10.3. The second kappa shape index (κ2) is 5.05. The van der Waals surface area contributed by atoms with Gasteiger partial charge in [-0.05, 0) is 12.3 Å². The Kier molecular flexibility index (Phi) is 4.00. The fourth-order valence-corrected chi connectivity index (χ4v) is 1.84. The van der Waals surface area contributed by atoms with Crippen molar-refractivity contribution in [3.05, 3.63) is 11.8 Å². The van der Waals surface area contributed by atoms with Crippen molar-refractivity contribution in [1.82, 2.24) is 0 Å². The van der Waals surface area contributed by atoms with Gasteiger partial charge in [-0.3, -0.25) is 4.79 Å². The van der Waals surface area contributed by atoms with Crippen molar-refractivity contribution in [3.8, 4) is 0 Å². The van der Waals surface area contributed by atoms with E-state index < -0.39 is 0 Å². The first-order valence-electron chi connectivity index (χ1n) is 5.14. The molecule has 0 heterocycles. The number of allylic oxidation sites excluding steroid dienone is 2. The lowest BCUT2D eigenvalue weighted by molar-refractivity contribution is -0.116. The minimum atomic E-state index is 0.0882. The van der Waals surface area contributed by atoms with Gasteiger partial charge in [-0.1, -0.05) is 26.2 Å². The molecule has 74 valence electrons. The summed E-state index contributed by atoms with van der Waals surface area (Å²) in [6, 6.07) is 0. The quantitative estimate of drug-likeness (QED) is 0.678. The van der Waals surface area contributed by atoms with Gasteiger partial charge in [-0.25, -0.2) is 0 Å². The highest BCUT2D eigenvalue weighted by atomic mass is 16.3. The lowest BCUT2D eigenvalue weighted by Gasteiger charge is -2.18. The van der Waals surface area contributed by atoms with E-state index in [1.807, 2.05) is 0 Å². The molecule has 1 aliphatic rings. The van der Waals surface area contributed by atoms with Crippen LogP contribution < -0.4 is 0 Å². The molecule has 0 spiro atoms. The van der Waals surface area contributed by atoms with Crippen LogP contribution >= 0.6 is 0 Å². The fraction of sp³-hybridized carbons (Fsp3) is 0.727. The number of hydrogen-bond acceptors (Lipinski definition) is 2. The standard InChI is InChI=1S/C11H18O2/c1-2-3-4-5-9-6-10(12)8-11(13)7-9/h8-9,12H,2-7H2,1H3/t9-/m1/s1. The van der Waals surface area contributed by atoms with Crippen LogP contribution in [0.5, 0.6) is 0 Å². The van der Waals surface area contributed by atoms with Crippen molar-refractivity contribution < 1.29 is 9.90 Å². The van der Waals surface area contributed by atoms with Gasteiger partial charge in [0.1, 0.15) is 0 Å². The fourth-order valence-electron chi connectivity index (χ4n) is 1.84. The predicted molar refractivity (Wildman–Crippen MR) is 52.6 cm³/mol. The number of rotatable bonds is 4. The molecule has 13 heavy (non-hydrogen) atoms. The van der Waals surface area contributed by atoms with Crippen LogP contribution in [0.4, 0.5) is 0 Å². The molecule has 0 radical (unpaired) electrons. The summed E-state index contributed by atoms with van der Waals surface area (Å²) in [6.45, 7) is 2.17. The third-order valence-corrected chi connectivity index (χ3v) is 2.53. The molecular formula is C11H18O2. The van der Waals surface area contributed by atoms with E-state index in [-0.39, 0.29) is 11.5 Å². The van der Waals surface area contributed by atoms with Gasteiger partial charge in [0.2, 0.25) is 0 Å². The second-order valence-corrected chi connectivity index (χ2v) is 3.87. The molecule has 0 aromatic heterocycles. The summed E-state index contributed by atoms with van der Waals surface area (Å²) in [4.78, 5) is 11.1. The molecule has 0 saturated carbocycles. The van der Waals surface area contributed by atoms with Gasteiger partial charge in [0.15, 0.2) is 5.78 Å². The molecule has 0 aromatic rings. The summed E-state index contributed by atoms with van der Waals surface area (Å²) in [5, 5.41) is 9.25. The maximum atomic E-state index is 11.1. The number of hydrogen-bond donors (Lipinski definition) is 1. The summed E-state index contributed by atoms with van der Waals surface area (Å²) in [5.41, 5.74) is 0. The molecular weight excluding hydrogens is 164 g/mol. The molecule has 0 aliphatic heterocycles. The second-order valence-electron chi connectivity index (χ2n) is 3.87. The first-order valence-corrected chi connectivity index (χ1v) is 5.14. The Morgan fingerprint density at radius 2 is 2.23 bits per heavy atom. The summed E-state index contributed by atoms with van der Waals surface area (Å²) < 4.78 is 0. The van der Waals surface area contributed by atoms with Crippen LogP contribution in [0.15, 0.2) is 11.8 Å². The average Bonchev–Trinajstić information content (AvgIpc) is 2.03. The van der Waals surface area contributed by atoms with Crippen LogP contribution in [0.3, 0.4) is 0 Å². The van der Waals surface area contributed by atoms with Crippen molar-refractivity contribution >= 4 is 5.78 Å². The normalized spacial score (nSPS) is 23.0. The predicted octanol–water partition coefficient (Wildman–Crippen LogP) is 2.99. The van der Waals surface area contributed by atoms with Gasteiger partial charge >= 0.3 is 0 Å². The molecule has 1 atom stereocenters. The Morgan fingerprint density at radius 3 is 2.85 bits per heavy atom. The lowest BCUT2D eigenvalue weighted by atomic mass is 9.88. The van der Waals surface area contributed by atoms with E-state index in [1.165, 1.54) is 25.3 Å². The average molecular weight is 182 g/mol. The van der Waals surface area contributed by atoms with Crippen molar-refractivity contribution in [2.24, 2.45) is 5.92 Å². The van der Waals surface area contributed by atoms with Gasteiger partial charge in [-0.2, -0.15) is 0 Å². The number of unbranched alkanes of at least 4 members (excludes halogenated alkanes) is 2.